The van der Waals surface area contributed by atoms with Crippen LogP contribution in [0.5, 0.6) is 0 Å². The zero-order chi connectivity index (χ0) is 13.1. The first kappa shape index (κ1) is 12.1. The van der Waals surface area contributed by atoms with Gasteiger partial charge in [-0.15, -0.1) is 0 Å². The van der Waals surface area contributed by atoms with E-state index in [2.05, 4.69) is 10.3 Å². The van der Waals surface area contributed by atoms with Crippen molar-refractivity contribution in [2.45, 2.75) is 13.8 Å². The maximum absolute atomic E-state index is 10.8. The van der Waals surface area contributed by atoms with E-state index in [0.29, 0.717) is 5.82 Å². The van der Waals surface area contributed by atoms with Crippen molar-refractivity contribution in [1.82, 2.24) is 4.98 Å². The number of pyridine rings is 1. The molecule has 0 aliphatic carbocycles. The van der Waals surface area contributed by atoms with Gasteiger partial charge in [-0.1, -0.05) is 18.2 Å². The standard InChI is InChI=1S/C14H14N2O2/c1-9-5-3-6-11(10(9)2)15-13-8-4-7-12(16-13)14(17)18/h3-8H,1-2H3,(H,15,16)(H,17,18). The molecule has 0 atom stereocenters. The van der Waals surface area contributed by atoms with E-state index in [4.69, 9.17) is 5.11 Å². The van der Waals surface area contributed by atoms with Gasteiger partial charge in [0.2, 0.25) is 0 Å². The van der Waals surface area contributed by atoms with E-state index in [-0.39, 0.29) is 5.69 Å². The van der Waals surface area contributed by atoms with Crippen LogP contribution in [0.2, 0.25) is 0 Å². The van der Waals surface area contributed by atoms with Crippen molar-refractivity contribution < 1.29 is 9.90 Å². The summed E-state index contributed by atoms with van der Waals surface area (Å²) in [4.78, 5) is 14.9. The summed E-state index contributed by atoms with van der Waals surface area (Å²) < 4.78 is 0. The summed E-state index contributed by atoms with van der Waals surface area (Å²) in [6.07, 6.45) is 0. The molecular weight excluding hydrogens is 228 g/mol. The number of hydrogen-bond donors (Lipinski definition) is 2. The van der Waals surface area contributed by atoms with Gasteiger partial charge in [0.15, 0.2) is 5.69 Å². The first-order chi connectivity index (χ1) is 8.58. The van der Waals surface area contributed by atoms with Crippen LogP contribution in [-0.4, -0.2) is 16.1 Å². The predicted octanol–water partition coefficient (Wildman–Crippen LogP) is 3.14. The maximum atomic E-state index is 10.8. The minimum absolute atomic E-state index is 0.0327. The molecular formula is C14H14N2O2. The van der Waals surface area contributed by atoms with Crippen molar-refractivity contribution in [1.29, 1.82) is 0 Å². The summed E-state index contributed by atoms with van der Waals surface area (Å²) in [5, 5.41) is 12.0. The first-order valence-corrected chi connectivity index (χ1v) is 5.61. The van der Waals surface area contributed by atoms with Crippen LogP contribution < -0.4 is 5.32 Å². The SMILES string of the molecule is Cc1cccc(Nc2cccc(C(=O)O)n2)c1C. The molecule has 0 unspecified atom stereocenters. The Bertz CT molecular complexity index is 594. The highest BCUT2D eigenvalue weighted by Gasteiger charge is 2.06. The molecule has 0 saturated heterocycles. The Labute approximate surface area is 105 Å². The molecule has 2 aromatic rings. The molecule has 0 aliphatic heterocycles. The van der Waals surface area contributed by atoms with Crippen LogP contribution in [0.25, 0.3) is 0 Å². The average molecular weight is 242 g/mol. The lowest BCUT2D eigenvalue weighted by Crippen LogP contribution is -2.03. The third-order valence-corrected chi connectivity index (χ3v) is 2.84. The third kappa shape index (κ3) is 2.48. The lowest BCUT2D eigenvalue weighted by atomic mass is 10.1. The van der Waals surface area contributed by atoms with E-state index in [1.165, 1.54) is 11.6 Å². The molecule has 4 heteroatoms. The van der Waals surface area contributed by atoms with Gasteiger partial charge in [0.25, 0.3) is 0 Å². The molecule has 0 bridgehead atoms. The lowest BCUT2D eigenvalue weighted by Gasteiger charge is -2.10. The van der Waals surface area contributed by atoms with Gasteiger partial charge in [0.1, 0.15) is 5.82 Å². The number of carboxylic acids is 1. The van der Waals surface area contributed by atoms with Gasteiger partial charge in [0, 0.05) is 5.69 Å². The van der Waals surface area contributed by atoms with Gasteiger partial charge in [-0.3, -0.25) is 0 Å². The van der Waals surface area contributed by atoms with Crippen LogP contribution in [0.4, 0.5) is 11.5 Å². The van der Waals surface area contributed by atoms with E-state index in [0.717, 1.165) is 11.3 Å². The van der Waals surface area contributed by atoms with Crippen LogP contribution >= 0.6 is 0 Å². The smallest absolute Gasteiger partial charge is 0.354 e. The zero-order valence-corrected chi connectivity index (χ0v) is 10.3. The molecule has 0 amide bonds. The molecule has 0 aliphatic rings. The molecule has 1 aromatic carbocycles. The van der Waals surface area contributed by atoms with Crippen LogP contribution in [0.1, 0.15) is 21.6 Å². The van der Waals surface area contributed by atoms with E-state index in [1.807, 2.05) is 32.0 Å². The normalized spacial score (nSPS) is 10.1. The molecule has 92 valence electrons. The average Bonchev–Trinajstić information content (AvgIpc) is 2.35. The second-order valence-corrected chi connectivity index (χ2v) is 4.09. The summed E-state index contributed by atoms with van der Waals surface area (Å²) in [6.45, 7) is 4.04. The van der Waals surface area contributed by atoms with Gasteiger partial charge < -0.3 is 10.4 Å². The fraction of sp³-hybridized carbons (Fsp3) is 0.143. The Morgan fingerprint density at radius 2 is 1.89 bits per heavy atom. The van der Waals surface area contributed by atoms with E-state index >= 15 is 0 Å². The Kier molecular flexibility index (Phi) is 3.28. The van der Waals surface area contributed by atoms with Gasteiger partial charge in [-0.25, -0.2) is 9.78 Å². The number of hydrogen-bond acceptors (Lipinski definition) is 3. The van der Waals surface area contributed by atoms with Gasteiger partial charge >= 0.3 is 5.97 Å². The molecule has 1 heterocycles. The minimum atomic E-state index is -1.03. The number of aromatic nitrogens is 1. The van der Waals surface area contributed by atoms with Crippen molar-refractivity contribution in [3.63, 3.8) is 0 Å². The topological polar surface area (TPSA) is 62.2 Å². The molecule has 18 heavy (non-hydrogen) atoms. The van der Waals surface area contributed by atoms with Crippen LogP contribution in [0.15, 0.2) is 36.4 Å². The molecule has 1 aromatic heterocycles. The fourth-order valence-electron chi connectivity index (χ4n) is 1.65. The van der Waals surface area contributed by atoms with Crippen molar-refractivity contribution in [2.24, 2.45) is 0 Å². The molecule has 0 spiro atoms. The molecule has 0 fully saturated rings. The van der Waals surface area contributed by atoms with Crippen LogP contribution in [0.3, 0.4) is 0 Å². The second kappa shape index (κ2) is 4.87. The monoisotopic (exact) mass is 242 g/mol. The van der Waals surface area contributed by atoms with E-state index < -0.39 is 5.97 Å². The highest BCUT2D eigenvalue weighted by molar-refractivity contribution is 5.85. The molecule has 4 nitrogen and oxygen atoms in total. The maximum Gasteiger partial charge on any atom is 0.354 e. The number of carbonyl (C=O) groups is 1. The van der Waals surface area contributed by atoms with Crippen molar-refractivity contribution >= 4 is 17.5 Å². The van der Waals surface area contributed by atoms with Crippen molar-refractivity contribution in [2.75, 3.05) is 5.32 Å². The number of nitrogens with zero attached hydrogens (tertiary/aromatic N) is 1. The predicted molar refractivity (Wildman–Crippen MR) is 70.4 cm³/mol. The minimum Gasteiger partial charge on any atom is -0.477 e. The van der Waals surface area contributed by atoms with Crippen LogP contribution in [0, 0.1) is 13.8 Å². The van der Waals surface area contributed by atoms with E-state index in [1.54, 1.807) is 12.1 Å². The first-order valence-electron chi connectivity index (χ1n) is 5.61. The molecule has 0 radical (unpaired) electrons. The highest BCUT2D eigenvalue weighted by atomic mass is 16.4. The number of aromatic carboxylic acids is 1. The Morgan fingerprint density at radius 1 is 1.17 bits per heavy atom. The lowest BCUT2D eigenvalue weighted by molar-refractivity contribution is 0.0690. The summed E-state index contributed by atoms with van der Waals surface area (Å²) in [5.74, 6) is -0.497. The zero-order valence-electron chi connectivity index (χ0n) is 10.3. The van der Waals surface area contributed by atoms with E-state index in [9.17, 15) is 4.79 Å². The Balaban J connectivity index is 2.31. The number of nitrogens with one attached hydrogen (secondary N) is 1. The number of anilines is 2. The quantitative estimate of drug-likeness (QED) is 0.868. The number of rotatable bonds is 3. The summed E-state index contributed by atoms with van der Waals surface area (Å²) in [6, 6.07) is 10.8. The van der Waals surface area contributed by atoms with Gasteiger partial charge in [-0.05, 0) is 43.2 Å². The number of benzene rings is 1. The summed E-state index contributed by atoms with van der Waals surface area (Å²) in [7, 11) is 0. The molecule has 2 N–H and O–H groups in total. The number of carboxylic acid groups (broad SMARTS) is 1. The van der Waals surface area contributed by atoms with Crippen molar-refractivity contribution in [3.05, 3.63) is 53.2 Å². The van der Waals surface area contributed by atoms with Crippen molar-refractivity contribution in [3.8, 4) is 0 Å². The second-order valence-electron chi connectivity index (χ2n) is 4.09. The van der Waals surface area contributed by atoms with Crippen LogP contribution in [-0.2, 0) is 0 Å². The summed E-state index contributed by atoms with van der Waals surface area (Å²) in [5.41, 5.74) is 3.27. The van der Waals surface area contributed by atoms with Gasteiger partial charge in [0.05, 0.1) is 0 Å². The Morgan fingerprint density at radius 3 is 2.61 bits per heavy atom. The fourth-order valence-corrected chi connectivity index (χ4v) is 1.65. The largest absolute Gasteiger partial charge is 0.477 e. The van der Waals surface area contributed by atoms with Gasteiger partial charge in [-0.2, -0.15) is 0 Å². The number of aryl methyl sites for hydroxylation is 1. The summed E-state index contributed by atoms with van der Waals surface area (Å²) >= 11 is 0. The molecule has 2 rings (SSSR count). The highest BCUT2D eigenvalue weighted by Crippen LogP contribution is 2.21. The molecule has 0 saturated carbocycles. The Hall–Kier alpha value is -2.36. The third-order valence-electron chi connectivity index (χ3n) is 2.84.